The van der Waals surface area contributed by atoms with E-state index in [0.29, 0.717) is 12.2 Å². The topological polar surface area (TPSA) is 40.6 Å². The number of nitriles is 1. The van der Waals surface area contributed by atoms with Crippen LogP contribution in [0, 0.1) is 17.9 Å². The third-order valence-electron chi connectivity index (χ3n) is 9.89. The van der Waals surface area contributed by atoms with Gasteiger partial charge in [-0.2, -0.15) is 0 Å². The van der Waals surface area contributed by atoms with Gasteiger partial charge in [-0.3, -0.25) is 0 Å². The second-order valence-corrected chi connectivity index (χ2v) is 13.3. The molecule has 0 saturated heterocycles. The van der Waals surface area contributed by atoms with Gasteiger partial charge in [-0.05, 0) is 93.1 Å². The summed E-state index contributed by atoms with van der Waals surface area (Å²) in [5.74, 6) is 0.660. The van der Waals surface area contributed by atoms with Gasteiger partial charge in [-0.25, -0.2) is 10.1 Å². The van der Waals surface area contributed by atoms with Crippen LogP contribution in [0.1, 0.15) is 23.1 Å². The molecule has 1 aliphatic carbocycles. The normalized spacial score (nSPS) is 15.2. The molecule has 6 aromatic rings. The molecule has 0 atom stereocenters. The maximum Gasteiger partial charge on any atom is 0.265 e. The first-order valence-electron chi connectivity index (χ1n) is 17.5. The summed E-state index contributed by atoms with van der Waals surface area (Å²) in [6.07, 6.45) is 7.88. The van der Waals surface area contributed by atoms with Gasteiger partial charge in [-0.15, -0.1) is 0 Å². The van der Waals surface area contributed by atoms with Crippen molar-refractivity contribution < 1.29 is 4.74 Å². The molecular weight excluding hydrogens is 635 g/mol. The predicted octanol–water partition coefficient (Wildman–Crippen LogP) is 12.0. The number of benzene rings is 6. The molecule has 4 heteroatoms. The number of nitrogens with zero attached hydrogens (tertiary/aromatic N) is 3. The van der Waals surface area contributed by atoms with Crippen molar-refractivity contribution in [3.05, 3.63) is 215 Å². The molecule has 0 saturated carbocycles. The van der Waals surface area contributed by atoms with Gasteiger partial charge in [0.15, 0.2) is 0 Å². The average Bonchev–Trinajstić information content (AvgIpc) is 3.56. The summed E-state index contributed by atoms with van der Waals surface area (Å²) >= 11 is 0. The Morgan fingerprint density at radius 1 is 0.596 bits per heavy atom. The van der Waals surface area contributed by atoms with Crippen LogP contribution in [0.2, 0.25) is 0 Å². The number of hydrogen-bond donors (Lipinski definition) is 0. The quantitative estimate of drug-likeness (QED) is 0.125. The lowest BCUT2D eigenvalue weighted by molar-refractivity contribution is 0.0108. The fourth-order valence-electron chi connectivity index (χ4n) is 7.37. The largest absolute Gasteiger partial charge is 0.486 e. The van der Waals surface area contributed by atoms with Crippen molar-refractivity contribution in [1.82, 2.24) is 0 Å². The van der Waals surface area contributed by atoms with Gasteiger partial charge in [0.05, 0.1) is 12.6 Å². The summed E-state index contributed by atoms with van der Waals surface area (Å²) in [7, 11) is 0. The fourth-order valence-corrected chi connectivity index (χ4v) is 7.37. The standard InChI is InChI=1S/C48H35N3O/c1-50-47(34-49)42-30-46(52-48(33-42)31-40-14-8-9-15-41(40)32-48)29-18-35-16-23-43(24-17-35)51(44-25-19-38(20-26-44)36-10-4-2-5-11-36)45-27-21-39(22-28-45)37-12-6-3-7-13-37/h2-30H,31-33H2. The minimum Gasteiger partial charge on any atom is -0.486 e. The molecule has 0 amide bonds. The average molecular weight is 670 g/mol. The summed E-state index contributed by atoms with van der Waals surface area (Å²) in [6.45, 7) is 7.62. The molecule has 0 aromatic heterocycles. The summed E-state index contributed by atoms with van der Waals surface area (Å²) < 4.78 is 6.69. The molecule has 1 aliphatic heterocycles. The Hall–Kier alpha value is -6.88. The van der Waals surface area contributed by atoms with E-state index < -0.39 is 5.60 Å². The highest BCUT2D eigenvalue weighted by Crippen LogP contribution is 2.43. The van der Waals surface area contributed by atoms with Gasteiger partial charge < -0.3 is 9.64 Å². The second kappa shape index (κ2) is 14.2. The van der Waals surface area contributed by atoms with Gasteiger partial charge >= 0.3 is 0 Å². The van der Waals surface area contributed by atoms with Crippen LogP contribution in [0.5, 0.6) is 0 Å². The fraction of sp³-hybridized carbons (Fsp3) is 0.0833. The van der Waals surface area contributed by atoms with Crippen LogP contribution >= 0.6 is 0 Å². The monoisotopic (exact) mass is 669 g/mol. The number of hydrogen-bond acceptors (Lipinski definition) is 3. The predicted molar refractivity (Wildman–Crippen MR) is 211 cm³/mol. The van der Waals surface area contributed by atoms with E-state index in [9.17, 15) is 5.26 Å². The van der Waals surface area contributed by atoms with Crippen molar-refractivity contribution in [1.29, 1.82) is 5.26 Å². The lowest BCUT2D eigenvalue weighted by Crippen LogP contribution is -2.36. The van der Waals surface area contributed by atoms with Crippen LogP contribution in [0.15, 0.2) is 187 Å². The van der Waals surface area contributed by atoms with E-state index in [1.54, 1.807) is 0 Å². The maximum atomic E-state index is 9.73. The minimum atomic E-state index is -0.503. The molecule has 0 radical (unpaired) electrons. The zero-order valence-corrected chi connectivity index (χ0v) is 28.6. The van der Waals surface area contributed by atoms with E-state index in [-0.39, 0.29) is 5.70 Å². The molecule has 0 N–H and O–H groups in total. The number of rotatable bonds is 7. The molecule has 1 spiro atoms. The number of fused-ring (bicyclic) bond motifs is 1. The van der Waals surface area contributed by atoms with Crippen molar-refractivity contribution in [2.75, 3.05) is 4.90 Å². The number of ether oxygens (including phenoxy) is 1. The van der Waals surface area contributed by atoms with Gasteiger partial charge in [0.25, 0.3) is 5.70 Å². The molecule has 0 unspecified atom stereocenters. The first-order chi connectivity index (χ1) is 25.6. The first kappa shape index (κ1) is 32.3. The molecule has 0 fully saturated rings. The Morgan fingerprint density at radius 3 is 1.54 bits per heavy atom. The van der Waals surface area contributed by atoms with Gasteiger partial charge in [0.2, 0.25) is 0 Å². The van der Waals surface area contributed by atoms with E-state index in [2.05, 4.69) is 161 Å². The zero-order valence-electron chi connectivity index (χ0n) is 28.6. The van der Waals surface area contributed by atoms with Crippen LogP contribution in [0.3, 0.4) is 0 Å². The van der Waals surface area contributed by atoms with Crippen molar-refractivity contribution in [3.63, 3.8) is 0 Å². The Bertz CT molecular complexity index is 2270. The van der Waals surface area contributed by atoms with E-state index in [0.717, 1.165) is 41.0 Å². The lowest BCUT2D eigenvalue weighted by atomic mass is 9.87. The summed E-state index contributed by atoms with van der Waals surface area (Å²) in [6, 6.07) is 57.3. The molecule has 8 rings (SSSR count). The Morgan fingerprint density at radius 2 is 1.06 bits per heavy atom. The van der Waals surface area contributed by atoms with Crippen molar-refractivity contribution in [2.45, 2.75) is 24.9 Å². The highest BCUT2D eigenvalue weighted by atomic mass is 16.5. The molecule has 1 heterocycles. The van der Waals surface area contributed by atoms with E-state index in [1.165, 1.54) is 33.4 Å². The lowest BCUT2D eigenvalue weighted by Gasteiger charge is -2.35. The molecule has 0 bridgehead atoms. The van der Waals surface area contributed by atoms with Crippen LogP contribution in [0.4, 0.5) is 17.1 Å². The zero-order chi connectivity index (χ0) is 35.3. The Labute approximate surface area is 305 Å². The third kappa shape index (κ3) is 6.67. The first-order valence-corrected chi connectivity index (χ1v) is 17.5. The van der Waals surface area contributed by atoms with Crippen LogP contribution < -0.4 is 4.90 Å². The molecule has 6 aromatic carbocycles. The molecule has 2 aliphatic rings. The van der Waals surface area contributed by atoms with E-state index in [4.69, 9.17) is 11.3 Å². The minimum absolute atomic E-state index is 0.127. The SMILES string of the molecule is [C-]#[N+]C(C#N)=C1C=C(C=Cc2ccc(N(c3ccc(-c4ccccc4)cc3)c3ccc(-c4ccccc4)cc3)cc2)OC2(C1)Cc1ccccc1C2. The van der Waals surface area contributed by atoms with Crippen molar-refractivity contribution in [2.24, 2.45) is 0 Å². The molecule has 248 valence electrons. The highest BCUT2D eigenvalue weighted by Gasteiger charge is 2.42. The van der Waals surface area contributed by atoms with Crippen molar-refractivity contribution >= 4 is 23.1 Å². The second-order valence-electron chi connectivity index (χ2n) is 13.3. The van der Waals surface area contributed by atoms with E-state index in [1.807, 2.05) is 30.4 Å². The van der Waals surface area contributed by atoms with Gasteiger partial charge in [0, 0.05) is 36.3 Å². The molecular formula is C48H35N3O. The summed E-state index contributed by atoms with van der Waals surface area (Å²) in [4.78, 5) is 5.82. The Balaban J connectivity index is 1.09. The maximum absolute atomic E-state index is 9.73. The van der Waals surface area contributed by atoms with Crippen LogP contribution in [0.25, 0.3) is 33.2 Å². The van der Waals surface area contributed by atoms with Crippen LogP contribution in [-0.4, -0.2) is 5.60 Å². The van der Waals surface area contributed by atoms with Gasteiger partial charge in [-0.1, -0.05) is 127 Å². The van der Waals surface area contributed by atoms with Gasteiger partial charge in [0.1, 0.15) is 11.4 Å². The Kier molecular flexibility index (Phi) is 8.80. The summed E-state index contributed by atoms with van der Waals surface area (Å²) in [5, 5.41) is 9.73. The van der Waals surface area contributed by atoms with Crippen molar-refractivity contribution in [3.8, 4) is 28.3 Å². The third-order valence-corrected chi connectivity index (χ3v) is 9.89. The smallest absolute Gasteiger partial charge is 0.265 e. The highest BCUT2D eigenvalue weighted by molar-refractivity contribution is 5.80. The molecule has 4 nitrogen and oxygen atoms in total. The number of anilines is 3. The van der Waals surface area contributed by atoms with E-state index >= 15 is 0 Å². The molecule has 52 heavy (non-hydrogen) atoms. The number of allylic oxidation sites excluding steroid dienone is 3. The van der Waals surface area contributed by atoms with Crippen LogP contribution in [-0.2, 0) is 17.6 Å². The summed E-state index contributed by atoms with van der Waals surface area (Å²) in [5.41, 5.74) is 11.8.